The molecule has 1 N–H and O–H groups in total. The Morgan fingerprint density at radius 1 is 0.385 bits per heavy atom. The summed E-state index contributed by atoms with van der Waals surface area (Å²) in [7, 11) is 1.20. The van der Waals surface area contributed by atoms with E-state index in [2.05, 4.69) is 74.7 Å². The van der Waals surface area contributed by atoms with Gasteiger partial charge >= 0.3 is 5.97 Å². The van der Waals surface area contributed by atoms with E-state index in [0.29, 0.717) is 17.4 Å². The van der Waals surface area contributed by atoms with Gasteiger partial charge in [-0.05, 0) is 96.0 Å². The Bertz CT molecular complexity index is 1740. The summed E-state index contributed by atoms with van der Waals surface area (Å²) in [6, 6.07) is -0.889. The second-order valence-electron chi connectivity index (χ2n) is 28.2. The maximum absolute atomic E-state index is 13.6. The van der Waals surface area contributed by atoms with Crippen LogP contribution >= 0.6 is 7.82 Å². The quantitative estimate of drug-likeness (QED) is 0.0212. The molecule has 0 spiro atoms. The molecule has 0 aliphatic carbocycles. The first-order valence-electron chi connectivity index (χ1n) is 39.6. The van der Waals surface area contributed by atoms with Gasteiger partial charge in [0, 0.05) is 12.8 Å². The number of amides is 1. The third-order valence-electron chi connectivity index (χ3n) is 17.9. The van der Waals surface area contributed by atoms with E-state index in [9.17, 15) is 19.0 Å². The summed E-state index contributed by atoms with van der Waals surface area (Å²) in [5.41, 5.74) is 0. The lowest BCUT2D eigenvalue weighted by Gasteiger charge is -2.30. The van der Waals surface area contributed by atoms with Gasteiger partial charge in [0.2, 0.25) is 5.91 Å². The number of ether oxygens (including phenoxy) is 1. The molecular weight excluding hydrogens is 1140 g/mol. The molecule has 3 unspecified atom stereocenters. The molecule has 0 fully saturated rings. The van der Waals surface area contributed by atoms with Crippen LogP contribution in [-0.2, 0) is 27.9 Å². The molecule has 534 valence electrons. The predicted molar refractivity (Wildman–Crippen MR) is 395 cm³/mol. The van der Waals surface area contributed by atoms with Gasteiger partial charge in [-0.25, -0.2) is 0 Å². The Labute approximate surface area is 566 Å². The molecule has 0 aromatic heterocycles. The van der Waals surface area contributed by atoms with Gasteiger partial charge in [-0.15, -0.1) is 0 Å². The molecule has 0 bridgehead atoms. The zero-order valence-corrected chi connectivity index (χ0v) is 62.2. The first-order valence-corrected chi connectivity index (χ1v) is 41.1. The molecule has 10 heteroatoms. The molecule has 1 amide bonds. The zero-order valence-electron chi connectivity index (χ0n) is 61.3. The minimum absolute atomic E-state index is 0.0212. The van der Waals surface area contributed by atoms with Crippen LogP contribution in [-0.4, -0.2) is 69.4 Å². The smallest absolute Gasteiger partial charge is 0.306 e. The molecule has 0 aromatic rings. The number of rotatable bonds is 73. The number of nitrogens with zero attached hydrogens (tertiary/aromatic N) is 1. The summed E-state index contributed by atoms with van der Waals surface area (Å²) in [4.78, 5) is 40.3. The number of unbranched alkanes of at least 4 members (excludes halogenated alkanes) is 49. The van der Waals surface area contributed by atoms with Crippen molar-refractivity contribution in [1.82, 2.24) is 5.32 Å². The van der Waals surface area contributed by atoms with Crippen LogP contribution in [0.25, 0.3) is 0 Å². The zero-order chi connectivity index (χ0) is 66.3. The molecule has 0 heterocycles. The minimum Gasteiger partial charge on any atom is -0.756 e. The fourth-order valence-electron chi connectivity index (χ4n) is 11.8. The molecule has 0 aliphatic rings. The fourth-order valence-corrected chi connectivity index (χ4v) is 12.5. The van der Waals surface area contributed by atoms with Gasteiger partial charge in [-0.3, -0.25) is 14.2 Å². The number of carbonyl (C=O) groups is 2. The highest BCUT2D eigenvalue weighted by atomic mass is 31.2. The van der Waals surface area contributed by atoms with Crippen LogP contribution in [0.2, 0.25) is 0 Å². The number of carbonyl (C=O) groups excluding carboxylic acids is 2. The van der Waals surface area contributed by atoms with Crippen LogP contribution in [0.5, 0.6) is 0 Å². The lowest BCUT2D eigenvalue weighted by Crippen LogP contribution is -2.47. The van der Waals surface area contributed by atoms with Crippen LogP contribution in [0, 0.1) is 0 Å². The summed E-state index contributed by atoms with van der Waals surface area (Å²) in [6.07, 6.45) is 92.3. The van der Waals surface area contributed by atoms with Crippen molar-refractivity contribution in [2.24, 2.45) is 0 Å². The first-order chi connectivity index (χ1) is 44.4. The van der Waals surface area contributed by atoms with Crippen LogP contribution in [0.1, 0.15) is 393 Å². The molecule has 9 nitrogen and oxygen atoms in total. The van der Waals surface area contributed by atoms with Gasteiger partial charge in [0.1, 0.15) is 19.3 Å². The minimum atomic E-state index is -4.71. The molecule has 0 rings (SSSR count). The third kappa shape index (κ3) is 71.8. The van der Waals surface area contributed by atoms with E-state index in [1.54, 1.807) is 0 Å². The summed E-state index contributed by atoms with van der Waals surface area (Å²) >= 11 is 0. The van der Waals surface area contributed by atoms with Gasteiger partial charge in [0.15, 0.2) is 0 Å². The number of quaternary nitrogens is 1. The molecule has 0 radical (unpaired) electrons. The highest BCUT2D eigenvalue weighted by Gasteiger charge is 2.27. The standard InChI is InChI=1S/C81H153N2O7P/c1-7-10-13-16-19-22-25-27-29-31-33-35-37-39-41-43-45-47-49-51-53-55-58-61-64-67-70-73-80(84)82-78(77-89-91(86,87)88-76-75-83(4,5)6)79(72-69-66-63-60-57-24-21-18-15-12-9-3)90-81(85)74-71-68-65-62-59-56-54-52-50-48-46-44-42-40-38-36-34-32-30-28-26-23-20-17-14-11-8-2/h19,22,27-30,33,35,69,72,78-79H,7-18,20-21,23-26,31-32,34,36-68,70-71,73-77H2,1-6H3,(H-,82,84,86,87)/b22-19-,29-27-,30-28+,35-33-,72-69+. The van der Waals surface area contributed by atoms with E-state index < -0.39 is 20.0 Å². The van der Waals surface area contributed by atoms with Gasteiger partial charge < -0.3 is 28.5 Å². The Hall–Kier alpha value is -2.29. The van der Waals surface area contributed by atoms with E-state index in [4.69, 9.17) is 13.8 Å². The van der Waals surface area contributed by atoms with Crippen LogP contribution in [0.3, 0.4) is 0 Å². The second kappa shape index (κ2) is 70.5. The molecule has 0 saturated heterocycles. The van der Waals surface area contributed by atoms with Crippen molar-refractivity contribution in [2.75, 3.05) is 40.9 Å². The van der Waals surface area contributed by atoms with Crippen molar-refractivity contribution in [3.63, 3.8) is 0 Å². The van der Waals surface area contributed by atoms with Gasteiger partial charge in [-0.2, -0.15) is 0 Å². The number of phosphoric acid groups is 1. The Morgan fingerprint density at radius 3 is 1.03 bits per heavy atom. The van der Waals surface area contributed by atoms with E-state index in [0.717, 1.165) is 70.6 Å². The average Bonchev–Trinajstić information content (AvgIpc) is 3.08. The number of allylic oxidation sites excluding steroid dienone is 9. The average molecular weight is 1300 g/mol. The lowest BCUT2D eigenvalue weighted by atomic mass is 10.0. The fraction of sp³-hybridized carbons (Fsp3) is 0.852. The van der Waals surface area contributed by atoms with Crippen LogP contribution < -0.4 is 10.2 Å². The Kier molecular flexibility index (Phi) is 68.7. The third-order valence-corrected chi connectivity index (χ3v) is 18.9. The monoisotopic (exact) mass is 1300 g/mol. The summed E-state index contributed by atoms with van der Waals surface area (Å²) in [5, 5.41) is 3.05. The summed E-state index contributed by atoms with van der Waals surface area (Å²) in [6.45, 7) is 6.87. The van der Waals surface area contributed by atoms with E-state index in [1.807, 2.05) is 33.3 Å². The second-order valence-corrected chi connectivity index (χ2v) is 29.6. The normalized spacial score (nSPS) is 13.7. The van der Waals surface area contributed by atoms with E-state index >= 15 is 0 Å². The van der Waals surface area contributed by atoms with Gasteiger partial charge in [0.25, 0.3) is 7.82 Å². The van der Waals surface area contributed by atoms with Gasteiger partial charge in [-0.1, -0.05) is 345 Å². The van der Waals surface area contributed by atoms with Crippen molar-refractivity contribution < 1.29 is 37.3 Å². The SMILES string of the molecule is CCCCC/C=C\C/C=C\C/C=C\CCCCCCCCCCCCCCCCC(=O)NC(COP(=O)([O-])OCC[N+](C)(C)C)C(/C=C/CCCCCCCCCCC)OC(=O)CCCCCCCCCCCCCCCCCCC/C=C/CCCCCCCC. The molecule has 0 saturated carbocycles. The first kappa shape index (κ1) is 88.7. The Morgan fingerprint density at radius 2 is 0.670 bits per heavy atom. The predicted octanol–water partition coefficient (Wildman–Crippen LogP) is 25.1. The van der Waals surface area contributed by atoms with Crippen molar-refractivity contribution >= 4 is 19.7 Å². The van der Waals surface area contributed by atoms with E-state index in [1.165, 1.54) is 289 Å². The van der Waals surface area contributed by atoms with Crippen molar-refractivity contribution in [2.45, 2.75) is 405 Å². The number of esters is 1. The Balaban J connectivity index is 4.86. The van der Waals surface area contributed by atoms with Crippen LogP contribution in [0.15, 0.2) is 60.8 Å². The summed E-state index contributed by atoms with van der Waals surface area (Å²) in [5.74, 6) is -0.524. The van der Waals surface area contributed by atoms with Crippen molar-refractivity contribution in [3.8, 4) is 0 Å². The van der Waals surface area contributed by atoms with Crippen molar-refractivity contribution in [3.05, 3.63) is 60.8 Å². The number of nitrogens with one attached hydrogen (secondary N) is 1. The largest absolute Gasteiger partial charge is 0.756 e. The molecule has 0 aromatic carbocycles. The lowest BCUT2D eigenvalue weighted by molar-refractivity contribution is -0.870. The topological polar surface area (TPSA) is 114 Å². The van der Waals surface area contributed by atoms with Crippen molar-refractivity contribution in [1.29, 1.82) is 0 Å². The molecular formula is C81H153N2O7P. The van der Waals surface area contributed by atoms with Crippen LogP contribution in [0.4, 0.5) is 0 Å². The highest BCUT2D eigenvalue weighted by Crippen LogP contribution is 2.38. The maximum atomic E-state index is 13.6. The number of phosphoric ester groups is 1. The molecule has 91 heavy (non-hydrogen) atoms. The van der Waals surface area contributed by atoms with E-state index in [-0.39, 0.29) is 31.5 Å². The maximum Gasteiger partial charge on any atom is 0.306 e. The number of hydrogen-bond donors (Lipinski definition) is 1. The molecule has 0 aliphatic heterocycles. The summed E-state index contributed by atoms with van der Waals surface area (Å²) < 4.78 is 30.5. The number of hydrogen-bond acceptors (Lipinski definition) is 7. The van der Waals surface area contributed by atoms with Gasteiger partial charge in [0.05, 0.1) is 33.8 Å². The highest BCUT2D eigenvalue weighted by molar-refractivity contribution is 7.45. The molecule has 3 atom stereocenters. The number of likely N-dealkylation sites (N-methyl/N-ethyl adjacent to an activating group) is 1.